The Morgan fingerprint density at radius 2 is 2.04 bits per heavy atom. The van der Waals surface area contributed by atoms with Crippen LogP contribution in [0.3, 0.4) is 0 Å². The quantitative estimate of drug-likeness (QED) is 0.666. The van der Waals surface area contributed by atoms with Gasteiger partial charge in [0.25, 0.3) is 5.56 Å². The average Bonchev–Trinajstić information content (AvgIpc) is 3.16. The molecule has 0 radical (unpaired) electrons. The van der Waals surface area contributed by atoms with E-state index in [-0.39, 0.29) is 22.8 Å². The summed E-state index contributed by atoms with van der Waals surface area (Å²) in [6.45, 7) is 5.88. The number of carbonyl (C=O) groups excluding carboxylic acids is 1. The van der Waals surface area contributed by atoms with Crippen molar-refractivity contribution < 1.29 is 4.79 Å². The van der Waals surface area contributed by atoms with Crippen molar-refractivity contribution in [3.8, 4) is 0 Å². The first-order chi connectivity index (χ1) is 11.4. The van der Waals surface area contributed by atoms with E-state index < -0.39 is 0 Å². The Bertz CT molecular complexity index is 834. The SMILES string of the molecule is CNC(=O)C(C)Sc1nc2sc(C)c(C)c2c(=O)n1C1CCCC1. The number of thiophene rings is 1. The Balaban J connectivity index is 2.16. The normalized spacial score (nSPS) is 16.7. The monoisotopic (exact) mass is 365 g/mol. The van der Waals surface area contributed by atoms with E-state index >= 15 is 0 Å². The number of hydrogen-bond acceptors (Lipinski definition) is 5. The van der Waals surface area contributed by atoms with Crippen LogP contribution in [0.5, 0.6) is 0 Å². The van der Waals surface area contributed by atoms with Crippen LogP contribution in [0.2, 0.25) is 0 Å². The standard InChI is InChI=1S/C17H23N3O2S2/c1-9-10(2)23-15-13(9)16(22)20(12-7-5-6-8-12)17(19-15)24-11(3)14(21)18-4/h11-12H,5-8H2,1-4H3,(H,18,21). The second kappa shape index (κ2) is 6.88. The molecule has 1 aliphatic carbocycles. The highest BCUT2D eigenvalue weighted by molar-refractivity contribution is 8.00. The van der Waals surface area contributed by atoms with Crippen molar-refractivity contribution in [3.05, 3.63) is 20.8 Å². The van der Waals surface area contributed by atoms with Gasteiger partial charge in [-0.05, 0) is 39.2 Å². The lowest BCUT2D eigenvalue weighted by atomic mass is 10.2. The van der Waals surface area contributed by atoms with E-state index in [4.69, 9.17) is 4.98 Å². The Kier molecular flexibility index (Phi) is 5.01. The molecule has 2 heterocycles. The van der Waals surface area contributed by atoms with Crippen molar-refractivity contribution in [1.82, 2.24) is 14.9 Å². The van der Waals surface area contributed by atoms with E-state index in [1.807, 2.05) is 25.3 Å². The molecule has 1 aliphatic rings. The van der Waals surface area contributed by atoms with Gasteiger partial charge in [0.05, 0.1) is 10.6 Å². The number of amides is 1. The molecule has 1 atom stereocenters. The number of thioether (sulfide) groups is 1. The summed E-state index contributed by atoms with van der Waals surface area (Å²) >= 11 is 2.94. The Labute approximate surface area is 149 Å². The summed E-state index contributed by atoms with van der Waals surface area (Å²) in [4.78, 5) is 31.8. The van der Waals surface area contributed by atoms with Gasteiger partial charge in [-0.3, -0.25) is 14.2 Å². The second-order valence-corrected chi connectivity index (χ2v) is 8.86. The highest BCUT2D eigenvalue weighted by Gasteiger charge is 2.26. The van der Waals surface area contributed by atoms with E-state index in [0.29, 0.717) is 5.16 Å². The van der Waals surface area contributed by atoms with Crippen molar-refractivity contribution >= 4 is 39.2 Å². The van der Waals surface area contributed by atoms with Crippen LogP contribution < -0.4 is 10.9 Å². The van der Waals surface area contributed by atoms with E-state index in [1.54, 1.807) is 18.4 Å². The molecular weight excluding hydrogens is 342 g/mol. The first-order valence-electron chi connectivity index (χ1n) is 8.34. The van der Waals surface area contributed by atoms with Gasteiger partial charge in [-0.1, -0.05) is 24.6 Å². The van der Waals surface area contributed by atoms with E-state index in [0.717, 1.165) is 46.3 Å². The minimum absolute atomic E-state index is 0.0501. The Morgan fingerprint density at radius 3 is 2.67 bits per heavy atom. The summed E-state index contributed by atoms with van der Waals surface area (Å²) in [7, 11) is 1.63. The van der Waals surface area contributed by atoms with Crippen molar-refractivity contribution in [2.45, 2.75) is 62.9 Å². The summed E-state index contributed by atoms with van der Waals surface area (Å²) in [5, 5.41) is 3.81. The zero-order valence-corrected chi connectivity index (χ0v) is 16.1. The molecule has 0 aliphatic heterocycles. The molecule has 0 saturated heterocycles. The molecule has 1 saturated carbocycles. The van der Waals surface area contributed by atoms with Gasteiger partial charge in [0.1, 0.15) is 4.83 Å². The summed E-state index contributed by atoms with van der Waals surface area (Å²) in [6.07, 6.45) is 4.31. The van der Waals surface area contributed by atoms with Crippen LogP contribution in [0.15, 0.2) is 9.95 Å². The first-order valence-corrected chi connectivity index (χ1v) is 10.0. The topological polar surface area (TPSA) is 64.0 Å². The van der Waals surface area contributed by atoms with E-state index in [2.05, 4.69) is 5.32 Å². The van der Waals surface area contributed by atoms with Crippen molar-refractivity contribution in [2.75, 3.05) is 7.05 Å². The maximum atomic E-state index is 13.2. The van der Waals surface area contributed by atoms with Crippen molar-refractivity contribution in [3.63, 3.8) is 0 Å². The van der Waals surface area contributed by atoms with Gasteiger partial charge in [-0.25, -0.2) is 4.98 Å². The largest absolute Gasteiger partial charge is 0.358 e. The first kappa shape index (κ1) is 17.5. The number of fused-ring (bicyclic) bond motifs is 1. The Morgan fingerprint density at radius 1 is 1.38 bits per heavy atom. The van der Waals surface area contributed by atoms with Crippen LogP contribution in [0.1, 0.15) is 49.1 Å². The molecule has 1 unspecified atom stereocenters. The predicted molar refractivity (Wildman–Crippen MR) is 100 cm³/mol. The summed E-state index contributed by atoms with van der Waals surface area (Å²) < 4.78 is 1.86. The van der Waals surface area contributed by atoms with Crippen LogP contribution in [-0.4, -0.2) is 27.8 Å². The molecule has 1 fully saturated rings. The van der Waals surface area contributed by atoms with Crippen LogP contribution in [-0.2, 0) is 4.79 Å². The van der Waals surface area contributed by atoms with Crippen LogP contribution in [0, 0.1) is 13.8 Å². The van der Waals surface area contributed by atoms with E-state index in [9.17, 15) is 9.59 Å². The Hall–Kier alpha value is -1.34. The minimum Gasteiger partial charge on any atom is -0.358 e. The highest BCUT2D eigenvalue weighted by atomic mass is 32.2. The third-order valence-electron chi connectivity index (χ3n) is 4.79. The summed E-state index contributed by atoms with van der Waals surface area (Å²) in [6, 6.07) is 0.202. The molecule has 24 heavy (non-hydrogen) atoms. The van der Waals surface area contributed by atoms with Crippen LogP contribution >= 0.6 is 23.1 Å². The third-order valence-corrected chi connectivity index (χ3v) is 6.96. The molecular formula is C17H23N3O2S2. The van der Waals surface area contributed by atoms with Gasteiger partial charge >= 0.3 is 0 Å². The maximum absolute atomic E-state index is 13.2. The molecule has 5 nitrogen and oxygen atoms in total. The number of carbonyl (C=O) groups is 1. The number of rotatable bonds is 4. The zero-order valence-electron chi connectivity index (χ0n) is 14.5. The second-order valence-electron chi connectivity index (χ2n) is 6.35. The number of hydrogen-bond donors (Lipinski definition) is 1. The molecule has 2 aromatic heterocycles. The van der Waals surface area contributed by atoms with Gasteiger partial charge in [-0.2, -0.15) is 0 Å². The molecule has 2 aromatic rings. The fourth-order valence-electron chi connectivity index (χ4n) is 3.27. The molecule has 1 N–H and O–H groups in total. The number of aryl methyl sites for hydroxylation is 2. The smallest absolute Gasteiger partial charge is 0.263 e. The molecule has 0 spiro atoms. The number of aromatic nitrogens is 2. The fourth-order valence-corrected chi connectivity index (χ4v) is 5.38. The predicted octanol–water partition coefficient (Wildman–Crippen LogP) is 3.42. The van der Waals surface area contributed by atoms with Crippen molar-refractivity contribution in [2.24, 2.45) is 0 Å². The zero-order chi connectivity index (χ0) is 17.4. The van der Waals surface area contributed by atoms with Gasteiger partial charge in [0, 0.05) is 18.0 Å². The van der Waals surface area contributed by atoms with Crippen LogP contribution in [0.25, 0.3) is 10.2 Å². The summed E-state index contributed by atoms with van der Waals surface area (Å²) in [5.41, 5.74) is 1.09. The minimum atomic E-state index is -0.283. The number of nitrogens with zero attached hydrogens (tertiary/aromatic N) is 2. The van der Waals surface area contributed by atoms with Gasteiger partial charge < -0.3 is 5.32 Å². The van der Waals surface area contributed by atoms with Gasteiger partial charge in [-0.15, -0.1) is 11.3 Å². The van der Waals surface area contributed by atoms with E-state index in [1.165, 1.54) is 11.8 Å². The molecule has 0 bridgehead atoms. The molecule has 0 aromatic carbocycles. The molecule has 7 heteroatoms. The average molecular weight is 366 g/mol. The van der Waals surface area contributed by atoms with Crippen molar-refractivity contribution in [1.29, 1.82) is 0 Å². The number of nitrogens with one attached hydrogen (secondary N) is 1. The third kappa shape index (κ3) is 2.99. The lowest BCUT2D eigenvalue weighted by Gasteiger charge is -2.19. The summed E-state index contributed by atoms with van der Waals surface area (Å²) in [5.74, 6) is -0.0501. The molecule has 3 rings (SSSR count). The highest BCUT2D eigenvalue weighted by Crippen LogP contribution is 2.35. The molecule has 130 valence electrons. The molecule has 1 amide bonds. The van der Waals surface area contributed by atoms with Gasteiger partial charge in [0.2, 0.25) is 5.91 Å². The van der Waals surface area contributed by atoms with Gasteiger partial charge in [0.15, 0.2) is 5.16 Å². The lowest BCUT2D eigenvalue weighted by Crippen LogP contribution is -2.30. The fraction of sp³-hybridized carbons (Fsp3) is 0.588. The van der Waals surface area contributed by atoms with Crippen LogP contribution in [0.4, 0.5) is 0 Å². The lowest BCUT2D eigenvalue weighted by molar-refractivity contribution is -0.119. The maximum Gasteiger partial charge on any atom is 0.263 e.